The molecule has 2 unspecified atom stereocenters. The summed E-state index contributed by atoms with van der Waals surface area (Å²) in [7, 11) is 0. The molecule has 1 heterocycles. The first-order chi connectivity index (χ1) is 7.69. The van der Waals surface area contributed by atoms with Crippen LogP contribution in [0.15, 0.2) is 0 Å². The van der Waals surface area contributed by atoms with E-state index in [2.05, 4.69) is 17.1 Å². The van der Waals surface area contributed by atoms with Gasteiger partial charge in [0.1, 0.15) is 0 Å². The number of hydrogen-bond acceptors (Lipinski definition) is 4. The molecule has 5 heteroatoms. The number of nitrogens with one attached hydrogen (secondary N) is 1. The van der Waals surface area contributed by atoms with E-state index in [0.29, 0.717) is 31.8 Å². The molecule has 1 saturated heterocycles. The maximum atomic E-state index is 11.7. The number of hydrogen-bond donors (Lipinski definition) is 2. The predicted molar refractivity (Wildman–Crippen MR) is 61.0 cm³/mol. The fraction of sp³-hybridized carbons (Fsp3) is 0.909. The van der Waals surface area contributed by atoms with E-state index in [0.717, 1.165) is 19.4 Å². The standard InChI is InChI=1S/C11H21N3O2/c1-8-7-16-10(4-12)5-14(8)6-11(15)13-9-2-3-9/h8-10H,2-7,12H2,1H3,(H,13,15). The van der Waals surface area contributed by atoms with Gasteiger partial charge in [-0.25, -0.2) is 0 Å². The maximum absolute atomic E-state index is 11.7. The van der Waals surface area contributed by atoms with E-state index < -0.39 is 0 Å². The van der Waals surface area contributed by atoms with E-state index in [4.69, 9.17) is 10.5 Å². The molecule has 0 radical (unpaired) electrons. The van der Waals surface area contributed by atoms with E-state index in [1.54, 1.807) is 0 Å². The van der Waals surface area contributed by atoms with Crippen molar-refractivity contribution in [2.24, 2.45) is 5.73 Å². The van der Waals surface area contributed by atoms with Crippen LogP contribution < -0.4 is 11.1 Å². The minimum absolute atomic E-state index is 0.0740. The van der Waals surface area contributed by atoms with Gasteiger partial charge in [0.2, 0.25) is 5.91 Å². The summed E-state index contributed by atoms with van der Waals surface area (Å²) in [5, 5.41) is 3.00. The normalized spacial score (nSPS) is 31.4. The van der Waals surface area contributed by atoms with Gasteiger partial charge in [-0.3, -0.25) is 9.69 Å². The second-order valence-electron chi connectivity index (χ2n) is 4.81. The van der Waals surface area contributed by atoms with E-state index in [-0.39, 0.29) is 12.0 Å². The summed E-state index contributed by atoms with van der Waals surface area (Å²) in [5.74, 6) is 0.132. The smallest absolute Gasteiger partial charge is 0.234 e. The van der Waals surface area contributed by atoms with Crippen molar-refractivity contribution in [3.05, 3.63) is 0 Å². The Morgan fingerprint density at radius 3 is 2.94 bits per heavy atom. The highest BCUT2D eigenvalue weighted by molar-refractivity contribution is 5.78. The Morgan fingerprint density at radius 1 is 1.56 bits per heavy atom. The molecular formula is C11H21N3O2. The van der Waals surface area contributed by atoms with Crippen LogP contribution in [0.5, 0.6) is 0 Å². The number of morpholine rings is 1. The summed E-state index contributed by atoms with van der Waals surface area (Å²) in [6, 6.07) is 0.738. The number of amides is 1. The summed E-state index contributed by atoms with van der Waals surface area (Å²) < 4.78 is 5.55. The zero-order chi connectivity index (χ0) is 11.5. The Morgan fingerprint density at radius 2 is 2.31 bits per heavy atom. The molecule has 0 spiro atoms. The van der Waals surface area contributed by atoms with Gasteiger partial charge in [-0.1, -0.05) is 0 Å². The Balaban J connectivity index is 1.78. The van der Waals surface area contributed by atoms with Crippen LogP contribution in [0.2, 0.25) is 0 Å². The minimum atomic E-state index is 0.0740. The third kappa shape index (κ3) is 3.17. The third-order valence-electron chi connectivity index (χ3n) is 3.19. The second kappa shape index (κ2) is 5.12. The van der Waals surface area contributed by atoms with Crippen molar-refractivity contribution in [2.45, 2.75) is 38.0 Å². The van der Waals surface area contributed by atoms with Gasteiger partial charge >= 0.3 is 0 Å². The van der Waals surface area contributed by atoms with Crippen LogP contribution in [0.25, 0.3) is 0 Å². The fourth-order valence-electron chi connectivity index (χ4n) is 1.92. The lowest BCUT2D eigenvalue weighted by molar-refractivity contribution is -0.126. The summed E-state index contributed by atoms with van der Waals surface area (Å²) in [4.78, 5) is 13.8. The maximum Gasteiger partial charge on any atom is 0.234 e. The summed E-state index contributed by atoms with van der Waals surface area (Å²) in [5.41, 5.74) is 5.58. The summed E-state index contributed by atoms with van der Waals surface area (Å²) in [6.45, 7) is 4.50. The Labute approximate surface area is 96.3 Å². The minimum Gasteiger partial charge on any atom is -0.374 e. The molecule has 2 rings (SSSR count). The number of ether oxygens (including phenoxy) is 1. The van der Waals surface area contributed by atoms with Crippen molar-refractivity contribution in [3.8, 4) is 0 Å². The first-order valence-electron chi connectivity index (χ1n) is 6.04. The molecule has 0 bridgehead atoms. The van der Waals surface area contributed by atoms with Gasteiger partial charge in [-0.05, 0) is 19.8 Å². The van der Waals surface area contributed by atoms with Crippen LogP contribution in [-0.2, 0) is 9.53 Å². The van der Waals surface area contributed by atoms with Crippen LogP contribution >= 0.6 is 0 Å². The largest absolute Gasteiger partial charge is 0.374 e. The molecule has 2 fully saturated rings. The average molecular weight is 227 g/mol. The van der Waals surface area contributed by atoms with Crippen LogP contribution in [0.3, 0.4) is 0 Å². The average Bonchev–Trinajstić information content (AvgIpc) is 3.05. The van der Waals surface area contributed by atoms with Gasteiger partial charge < -0.3 is 15.8 Å². The van der Waals surface area contributed by atoms with E-state index in [1.807, 2.05) is 0 Å². The quantitative estimate of drug-likeness (QED) is 0.667. The molecule has 3 N–H and O–H groups in total. The number of nitrogens with two attached hydrogens (primary N) is 1. The molecule has 5 nitrogen and oxygen atoms in total. The lowest BCUT2D eigenvalue weighted by Crippen LogP contribution is -2.53. The first kappa shape index (κ1) is 11.8. The molecular weight excluding hydrogens is 206 g/mol. The molecule has 0 aromatic carbocycles. The molecule has 1 aliphatic heterocycles. The van der Waals surface area contributed by atoms with Gasteiger partial charge in [-0.15, -0.1) is 0 Å². The van der Waals surface area contributed by atoms with Gasteiger partial charge in [0, 0.05) is 25.2 Å². The topological polar surface area (TPSA) is 67.6 Å². The lowest BCUT2D eigenvalue weighted by Gasteiger charge is -2.37. The number of nitrogens with zero attached hydrogens (tertiary/aromatic N) is 1. The zero-order valence-corrected chi connectivity index (χ0v) is 9.82. The predicted octanol–water partition coefficient (Wildman–Crippen LogP) is -0.687. The highest BCUT2D eigenvalue weighted by atomic mass is 16.5. The Bertz CT molecular complexity index is 256. The van der Waals surface area contributed by atoms with Crippen molar-refractivity contribution in [1.29, 1.82) is 0 Å². The van der Waals surface area contributed by atoms with Crippen LogP contribution in [0, 0.1) is 0 Å². The van der Waals surface area contributed by atoms with Crippen molar-refractivity contribution in [3.63, 3.8) is 0 Å². The highest BCUT2D eigenvalue weighted by Gasteiger charge is 2.29. The van der Waals surface area contributed by atoms with Crippen LogP contribution in [-0.4, -0.2) is 55.2 Å². The Kier molecular flexibility index (Phi) is 3.78. The zero-order valence-electron chi connectivity index (χ0n) is 9.82. The summed E-state index contributed by atoms with van der Waals surface area (Å²) in [6.07, 6.45) is 2.34. The monoisotopic (exact) mass is 227 g/mol. The molecule has 16 heavy (non-hydrogen) atoms. The molecule has 92 valence electrons. The number of carbonyl (C=O) groups is 1. The van der Waals surface area contributed by atoms with Crippen molar-refractivity contribution in [2.75, 3.05) is 26.2 Å². The Hall–Kier alpha value is -0.650. The molecule has 2 atom stereocenters. The fourth-order valence-corrected chi connectivity index (χ4v) is 1.92. The van der Waals surface area contributed by atoms with Crippen molar-refractivity contribution in [1.82, 2.24) is 10.2 Å². The first-order valence-corrected chi connectivity index (χ1v) is 6.04. The van der Waals surface area contributed by atoms with Crippen molar-refractivity contribution < 1.29 is 9.53 Å². The van der Waals surface area contributed by atoms with E-state index in [9.17, 15) is 4.79 Å². The summed E-state index contributed by atoms with van der Waals surface area (Å²) >= 11 is 0. The molecule has 0 aromatic rings. The van der Waals surface area contributed by atoms with Crippen molar-refractivity contribution >= 4 is 5.91 Å². The van der Waals surface area contributed by atoms with Gasteiger partial charge in [0.15, 0.2) is 0 Å². The SMILES string of the molecule is CC1COC(CN)CN1CC(=O)NC1CC1. The molecule has 0 aromatic heterocycles. The lowest BCUT2D eigenvalue weighted by atomic mass is 10.2. The number of rotatable bonds is 4. The van der Waals surface area contributed by atoms with Gasteiger partial charge in [-0.2, -0.15) is 0 Å². The highest BCUT2D eigenvalue weighted by Crippen LogP contribution is 2.18. The molecule has 1 amide bonds. The van der Waals surface area contributed by atoms with Gasteiger partial charge in [0.25, 0.3) is 0 Å². The van der Waals surface area contributed by atoms with E-state index in [1.165, 1.54) is 0 Å². The molecule has 1 saturated carbocycles. The van der Waals surface area contributed by atoms with Crippen LogP contribution in [0.4, 0.5) is 0 Å². The van der Waals surface area contributed by atoms with Crippen LogP contribution in [0.1, 0.15) is 19.8 Å². The van der Waals surface area contributed by atoms with E-state index >= 15 is 0 Å². The van der Waals surface area contributed by atoms with Gasteiger partial charge in [0.05, 0.1) is 19.3 Å². The second-order valence-corrected chi connectivity index (χ2v) is 4.81. The number of carbonyl (C=O) groups excluding carboxylic acids is 1. The molecule has 1 aliphatic carbocycles. The third-order valence-corrected chi connectivity index (χ3v) is 3.19. The molecule has 2 aliphatic rings.